The van der Waals surface area contributed by atoms with E-state index in [1.807, 2.05) is 6.92 Å². The summed E-state index contributed by atoms with van der Waals surface area (Å²) in [5.41, 5.74) is 0. The predicted molar refractivity (Wildman–Crippen MR) is 58.1 cm³/mol. The van der Waals surface area contributed by atoms with Crippen molar-refractivity contribution in [1.82, 2.24) is 5.32 Å². The van der Waals surface area contributed by atoms with Gasteiger partial charge in [0.05, 0.1) is 6.61 Å². The predicted octanol–water partition coefficient (Wildman–Crippen LogP) is 1.74. The van der Waals surface area contributed by atoms with Crippen LogP contribution in [0.3, 0.4) is 0 Å². The van der Waals surface area contributed by atoms with Crippen molar-refractivity contribution in [2.24, 2.45) is 5.92 Å². The smallest absolute Gasteiger partial charge is 0.323 e. The van der Waals surface area contributed by atoms with Gasteiger partial charge in [-0.2, -0.15) is 0 Å². The minimum absolute atomic E-state index is 0.164. The first kappa shape index (κ1) is 13.2. The Morgan fingerprint density at radius 2 is 2.21 bits per heavy atom. The fraction of sp³-hybridized carbons (Fsp3) is 0.727. The minimum Gasteiger partial charge on any atom is -0.465 e. The van der Waals surface area contributed by atoms with Gasteiger partial charge >= 0.3 is 5.97 Å². The van der Waals surface area contributed by atoms with Gasteiger partial charge in [0, 0.05) is 6.54 Å². The van der Waals surface area contributed by atoms with E-state index in [-0.39, 0.29) is 12.0 Å². The molecule has 0 aliphatic rings. The van der Waals surface area contributed by atoms with Crippen LogP contribution in [-0.2, 0) is 9.53 Å². The van der Waals surface area contributed by atoms with Gasteiger partial charge in [0.2, 0.25) is 0 Å². The van der Waals surface area contributed by atoms with Crippen LogP contribution in [0.2, 0.25) is 0 Å². The molecule has 0 aromatic carbocycles. The third-order valence-electron chi connectivity index (χ3n) is 1.79. The Morgan fingerprint density at radius 1 is 1.57 bits per heavy atom. The van der Waals surface area contributed by atoms with Crippen molar-refractivity contribution in [3.05, 3.63) is 12.7 Å². The average Bonchev–Trinajstić information content (AvgIpc) is 2.12. The molecule has 0 heterocycles. The Kier molecular flexibility index (Phi) is 7.11. The van der Waals surface area contributed by atoms with Crippen LogP contribution < -0.4 is 5.32 Å². The number of hydrogen-bond donors (Lipinski definition) is 1. The van der Waals surface area contributed by atoms with Gasteiger partial charge < -0.3 is 10.1 Å². The monoisotopic (exact) mass is 199 g/mol. The highest BCUT2D eigenvalue weighted by Gasteiger charge is 2.19. The fourth-order valence-corrected chi connectivity index (χ4v) is 1.20. The molecule has 1 atom stereocenters. The van der Waals surface area contributed by atoms with Crippen molar-refractivity contribution < 1.29 is 9.53 Å². The van der Waals surface area contributed by atoms with Gasteiger partial charge in [-0.1, -0.05) is 19.9 Å². The molecule has 0 aromatic heterocycles. The molecule has 0 saturated heterocycles. The molecular formula is C11H21NO2. The zero-order valence-corrected chi connectivity index (χ0v) is 9.38. The summed E-state index contributed by atoms with van der Waals surface area (Å²) >= 11 is 0. The lowest BCUT2D eigenvalue weighted by atomic mass is 10.0. The number of rotatable bonds is 7. The topological polar surface area (TPSA) is 38.3 Å². The second-order valence-electron chi connectivity index (χ2n) is 3.63. The number of ether oxygens (including phenoxy) is 1. The van der Waals surface area contributed by atoms with E-state index >= 15 is 0 Å². The van der Waals surface area contributed by atoms with Gasteiger partial charge in [-0.15, -0.1) is 6.58 Å². The molecule has 1 N–H and O–H groups in total. The molecule has 3 heteroatoms. The first-order valence-corrected chi connectivity index (χ1v) is 5.12. The number of esters is 1. The van der Waals surface area contributed by atoms with Gasteiger partial charge in [0.15, 0.2) is 0 Å². The van der Waals surface area contributed by atoms with Crippen molar-refractivity contribution in [3.8, 4) is 0 Å². The van der Waals surface area contributed by atoms with Crippen LogP contribution in [0.4, 0.5) is 0 Å². The number of hydrogen-bond acceptors (Lipinski definition) is 3. The van der Waals surface area contributed by atoms with Crippen LogP contribution in [0, 0.1) is 5.92 Å². The first-order valence-electron chi connectivity index (χ1n) is 5.12. The quantitative estimate of drug-likeness (QED) is 0.501. The van der Waals surface area contributed by atoms with Crippen LogP contribution in [0.25, 0.3) is 0 Å². The number of nitrogens with one attached hydrogen (secondary N) is 1. The molecule has 14 heavy (non-hydrogen) atoms. The highest BCUT2D eigenvalue weighted by atomic mass is 16.5. The maximum absolute atomic E-state index is 11.5. The third kappa shape index (κ3) is 5.75. The number of carbonyl (C=O) groups is 1. The maximum atomic E-state index is 11.5. The van der Waals surface area contributed by atoms with E-state index in [1.165, 1.54) is 0 Å². The SMILES string of the molecule is C=CCNC(CC(C)C)C(=O)OCC. The Balaban J connectivity index is 4.07. The van der Waals surface area contributed by atoms with Gasteiger partial charge in [0.25, 0.3) is 0 Å². The summed E-state index contributed by atoms with van der Waals surface area (Å²) in [5, 5.41) is 3.09. The highest BCUT2D eigenvalue weighted by Crippen LogP contribution is 2.06. The van der Waals surface area contributed by atoms with Gasteiger partial charge in [-0.3, -0.25) is 4.79 Å². The van der Waals surface area contributed by atoms with Crippen molar-refractivity contribution in [2.75, 3.05) is 13.2 Å². The lowest BCUT2D eigenvalue weighted by Gasteiger charge is -2.17. The summed E-state index contributed by atoms with van der Waals surface area (Å²) in [5.74, 6) is 0.310. The molecule has 82 valence electrons. The lowest BCUT2D eigenvalue weighted by Crippen LogP contribution is -2.39. The molecule has 0 bridgehead atoms. The van der Waals surface area contributed by atoms with E-state index in [9.17, 15) is 4.79 Å². The van der Waals surface area contributed by atoms with E-state index in [0.717, 1.165) is 6.42 Å². The molecule has 0 aliphatic carbocycles. The molecule has 0 aliphatic heterocycles. The second-order valence-corrected chi connectivity index (χ2v) is 3.63. The van der Waals surface area contributed by atoms with Crippen molar-refractivity contribution in [1.29, 1.82) is 0 Å². The number of carbonyl (C=O) groups excluding carboxylic acids is 1. The van der Waals surface area contributed by atoms with E-state index in [1.54, 1.807) is 6.08 Å². The van der Waals surface area contributed by atoms with Crippen LogP contribution >= 0.6 is 0 Å². The average molecular weight is 199 g/mol. The fourth-order valence-electron chi connectivity index (χ4n) is 1.20. The van der Waals surface area contributed by atoms with Gasteiger partial charge in [-0.05, 0) is 19.3 Å². The molecule has 0 rings (SSSR count). The van der Waals surface area contributed by atoms with Crippen molar-refractivity contribution in [2.45, 2.75) is 33.2 Å². The van der Waals surface area contributed by atoms with E-state index in [4.69, 9.17) is 4.74 Å². The Morgan fingerprint density at radius 3 is 2.64 bits per heavy atom. The summed E-state index contributed by atoms with van der Waals surface area (Å²) in [7, 11) is 0. The zero-order chi connectivity index (χ0) is 11.0. The van der Waals surface area contributed by atoms with Gasteiger partial charge in [0.1, 0.15) is 6.04 Å². The van der Waals surface area contributed by atoms with Crippen molar-refractivity contribution in [3.63, 3.8) is 0 Å². The van der Waals surface area contributed by atoms with Crippen LogP contribution in [0.1, 0.15) is 27.2 Å². The molecule has 0 spiro atoms. The molecule has 0 amide bonds. The van der Waals surface area contributed by atoms with E-state index < -0.39 is 0 Å². The normalized spacial score (nSPS) is 12.6. The largest absolute Gasteiger partial charge is 0.465 e. The van der Waals surface area contributed by atoms with Crippen LogP contribution in [-0.4, -0.2) is 25.2 Å². The minimum atomic E-state index is -0.201. The molecule has 0 fully saturated rings. The van der Waals surface area contributed by atoms with E-state index in [2.05, 4.69) is 25.7 Å². The summed E-state index contributed by atoms with van der Waals surface area (Å²) in [6.07, 6.45) is 2.54. The summed E-state index contributed by atoms with van der Waals surface area (Å²) < 4.78 is 4.97. The van der Waals surface area contributed by atoms with Crippen LogP contribution in [0.15, 0.2) is 12.7 Å². The Bertz CT molecular complexity index is 178. The summed E-state index contributed by atoms with van der Waals surface area (Å²) in [6, 6.07) is -0.201. The molecule has 1 unspecified atom stereocenters. The molecule has 0 aromatic rings. The third-order valence-corrected chi connectivity index (χ3v) is 1.79. The second kappa shape index (κ2) is 7.56. The summed E-state index contributed by atoms with van der Waals surface area (Å²) in [4.78, 5) is 11.5. The van der Waals surface area contributed by atoms with Crippen LogP contribution in [0.5, 0.6) is 0 Å². The highest BCUT2D eigenvalue weighted by molar-refractivity contribution is 5.75. The summed E-state index contributed by atoms with van der Waals surface area (Å²) in [6.45, 7) is 10.7. The molecular weight excluding hydrogens is 178 g/mol. The Labute approximate surface area is 86.5 Å². The molecule has 0 radical (unpaired) electrons. The van der Waals surface area contributed by atoms with Crippen molar-refractivity contribution >= 4 is 5.97 Å². The first-order chi connectivity index (χ1) is 6.61. The van der Waals surface area contributed by atoms with E-state index in [0.29, 0.717) is 19.1 Å². The lowest BCUT2D eigenvalue weighted by molar-refractivity contribution is -0.146. The molecule has 3 nitrogen and oxygen atoms in total. The Hall–Kier alpha value is -0.830. The standard InChI is InChI=1S/C11H21NO2/c1-5-7-12-10(8-9(3)4)11(13)14-6-2/h5,9-10,12H,1,6-8H2,2-4H3. The molecule has 0 saturated carbocycles. The van der Waals surface area contributed by atoms with Gasteiger partial charge in [-0.25, -0.2) is 0 Å². The zero-order valence-electron chi connectivity index (χ0n) is 9.38. The maximum Gasteiger partial charge on any atom is 0.323 e.